The topological polar surface area (TPSA) is 41.6 Å². The molecule has 2 rings (SSSR count). The number of carbonyl (C=O) groups excluding carboxylic acids is 1. The molecule has 0 heterocycles. The first-order valence-electron chi connectivity index (χ1n) is 6.22. The van der Waals surface area contributed by atoms with Crippen LogP contribution in [0.1, 0.15) is 0 Å². The van der Waals surface area contributed by atoms with Crippen molar-refractivity contribution in [3.05, 3.63) is 58.0 Å². The van der Waals surface area contributed by atoms with E-state index in [9.17, 15) is 4.79 Å². The van der Waals surface area contributed by atoms with Crippen molar-refractivity contribution < 1.29 is 9.53 Å². The van der Waals surface area contributed by atoms with Crippen molar-refractivity contribution in [3.63, 3.8) is 0 Å². The molecule has 0 saturated carbocycles. The van der Waals surface area contributed by atoms with Crippen molar-refractivity contribution in [2.24, 2.45) is 0 Å². The molecule has 4 nitrogen and oxygen atoms in total. The number of hydrazine groups is 1. The summed E-state index contributed by atoms with van der Waals surface area (Å²) < 4.78 is 6.25. The second-order valence-electron chi connectivity index (χ2n) is 4.29. The van der Waals surface area contributed by atoms with Crippen LogP contribution in [0.3, 0.4) is 0 Å². The smallest absolute Gasteiger partial charge is 0.276 e. The van der Waals surface area contributed by atoms with E-state index in [0.29, 0.717) is 10.8 Å². The van der Waals surface area contributed by atoms with E-state index in [1.165, 1.54) is 0 Å². The number of hydrogen-bond donors (Lipinski definition) is 1. The van der Waals surface area contributed by atoms with Crippen molar-refractivity contribution in [2.45, 2.75) is 0 Å². The van der Waals surface area contributed by atoms with Gasteiger partial charge in [0, 0.05) is 11.5 Å². The SMILES string of the molecule is CN(NC(=O)COc1ccc(Br)cc1Cl)c1ccccc1. The number of halogens is 2. The highest BCUT2D eigenvalue weighted by Crippen LogP contribution is 2.27. The standard InChI is InChI=1S/C15H14BrClN2O2/c1-19(12-5-3-2-4-6-12)18-15(20)10-21-14-8-7-11(16)9-13(14)17/h2-9H,10H2,1H3,(H,18,20). The lowest BCUT2D eigenvalue weighted by atomic mass is 10.3. The number of hydrogen-bond acceptors (Lipinski definition) is 3. The molecule has 0 unspecified atom stereocenters. The second-order valence-corrected chi connectivity index (χ2v) is 5.62. The van der Waals surface area contributed by atoms with E-state index in [1.807, 2.05) is 30.3 Å². The fourth-order valence-corrected chi connectivity index (χ4v) is 2.40. The number of benzene rings is 2. The number of para-hydroxylation sites is 1. The van der Waals surface area contributed by atoms with Gasteiger partial charge < -0.3 is 4.74 Å². The zero-order valence-corrected chi connectivity index (χ0v) is 13.7. The van der Waals surface area contributed by atoms with Crippen LogP contribution in [0.2, 0.25) is 5.02 Å². The lowest BCUT2D eigenvalue weighted by Crippen LogP contribution is -2.41. The molecule has 0 aliphatic rings. The summed E-state index contributed by atoms with van der Waals surface area (Å²) in [6.07, 6.45) is 0. The largest absolute Gasteiger partial charge is 0.482 e. The number of nitrogens with one attached hydrogen (secondary N) is 1. The zero-order valence-electron chi connectivity index (χ0n) is 11.3. The summed E-state index contributed by atoms with van der Waals surface area (Å²) in [7, 11) is 1.76. The van der Waals surface area contributed by atoms with Crippen LogP contribution < -0.4 is 15.2 Å². The normalized spacial score (nSPS) is 10.0. The van der Waals surface area contributed by atoms with Gasteiger partial charge >= 0.3 is 0 Å². The molecule has 2 aromatic carbocycles. The van der Waals surface area contributed by atoms with Crippen LogP contribution in [0.4, 0.5) is 5.69 Å². The van der Waals surface area contributed by atoms with Gasteiger partial charge in [0.1, 0.15) is 5.75 Å². The van der Waals surface area contributed by atoms with E-state index >= 15 is 0 Å². The molecule has 1 amide bonds. The Hall–Kier alpha value is -1.72. The van der Waals surface area contributed by atoms with E-state index in [-0.39, 0.29) is 12.5 Å². The Balaban J connectivity index is 1.87. The third kappa shape index (κ3) is 4.65. The number of amides is 1. The van der Waals surface area contributed by atoms with E-state index in [4.69, 9.17) is 16.3 Å². The molecule has 0 bridgehead atoms. The van der Waals surface area contributed by atoms with Crippen molar-refractivity contribution in [1.29, 1.82) is 0 Å². The van der Waals surface area contributed by atoms with Crippen molar-refractivity contribution in [3.8, 4) is 5.75 Å². The van der Waals surface area contributed by atoms with Crippen LogP contribution >= 0.6 is 27.5 Å². The molecule has 0 fully saturated rings. The molecule has 2 aromatic rings. The van der Waals surface area contributed by atoms with Crippen molar-refractivity contribution in [2.75, 3.05) is 18.7 Å². The molecule has 0 saturated heterocycles. The Bertz CT molecular complexity index is 622. The summed E-state index contributed by atoms with van der Waals surface area (Å²) in [5.41, 5.74) is 3.60. The number of ether oxygens (including phenoxy) is 1. The van der Waals surface area contributed by atoms with Gasteiger partial charge in [-0.3, -0.25) is 15.2 Å². The van der Waals surface area contributed by atoms with Crippen molar-refractivity contribution >= 4 is 39.1 Å². The fraction of sp³-hybridized carbons (Fsp3) is 0.133. The molecule has 0 aromatic heterocycles. The second kappa shape index (κ2) is 7.33. The van der Waals surface area contributed by atoms with Crippen LogP contribution in [0, 0.1) is 0 Å². The molecule has 6 heteroatoms. The maximum Gasteiger partial charge on any atom is 0.276 e. The average Bonchev–Trinajstić information content (AvgIpc) is 2.47. The van der Waals surface area contributed by atoms with Crippen LogP contribution in [0.25, 0.3) is 0 Å². The van der Waals surface area contributed by atoms with Crippen LogP contribution in [-0.4, -0.2) is 19.6 Å². The third-order valence-electron chi connectivity index (χ3n) is 2.69. The Kier molecular flexibility index (Phi) is 5.47. The Morgan fingerprint density at radius 3 is 2.67 bits per heavy atom. The molecule has 0 aliphatic carbocycles. The van der Waals surface area contributed by atoms with E-state index in [1.54, 1.807) is 30.3 Å². The number of anilines is 1. The van der Waals surface area contributed by atoms with Gasteiger partial charge in [-0.1, -0.05) is 45.7 Å². The third-order valence-corrected chi connectivity index (χ3v) is 3.48. The number of carbonyl (C=O) groups is 1. The van der Waals surface area contributed by atoms with Crippen LogP contribution in [0.5, 0.6) is 5.75 Å². The van der Waals surface area contributed by atoms with Gasteiger partial charge in [0.2, 0.25) is 0 Å². The maximum atomic E-state index is 11.8. The molecule has 0 aliphatic heterocycles. The first kappa shape index (κ1) is 15.7. The molecule has 21 heavy (non-hydrogen) atoms. The van der Waals surface area contributed by atoms with E-state index in [2.05, 4.69) is 21.4 Å². The molecule has 1 N–H and O–H groups in total. The van der Waals surface area contributed by atoms with Gasteiger partial charge in [0.05, 0.1) is 10.7 Å². The minimum absolute atomic E-state index is 0.113. The monoisotopic (exact) mass is 368 g/mol. The molecule has 0 radical (unpaired) electrons. The highest BCUT2D eigenvalue weighted by molar-refractivity contribution is 9.10. The van der Waals surface area contributed by atoms with Crippen LogP contribution in [0.15, 0.2) is 53.0 Å². The highest BCUT2D eigenvalue weighted by Gasteiger charge is 2.08. The molecule has 110 valence electrons. The summed E-state index contributed by atoms with van der Waals surface area (Å²) in [6.45, 7) is -0.113. The zero-order chi connectivity index (χ0) is 15.2. The molecule has 0 atom stereocenters. The summed E-state index contributed by atoms with van der Waals surface area (Å²) in [4.78, 5) is 11.8. The Labute approximate surface area is 136 Å². The van der Waals surface area contributed by atoms with Crippen LogP contribution in [-0.2, 0) is 4.79 Å². The van der Waals surface area contributed by atoms with Gasteiger partial charge in [-0.15, -0.1) is 0 Å². The Morgan fingerprint density at radius 2 is 2.00 bits per heavy atom. The fourth-order valence-electron chi connectivity index (χ4n) is 1.67. The first-order valence-corrected chi connectivity index (χ1v) is 7.39. The lowest BCUT2D eigenvalue weighted by molar-refractivity contribution is -0.123. The van der Waals surface area contributed by atoms with Gasteiger partial charge in [0.25, 0.3) is 5.91 Å². The van der Waals surface area contributed by atoms with Gasteiger partial charge in [-0.2, -0.15) is 0 Å². The molecule has 0 spiro atoms. The van der Waals surface area contributed by atoms with E-state index in [0.717, 1.165) is 10.2 Å². The molecular formula is C15H14BrClN2O2. The minimum atomic E-state index is -0.264. The van der Waals surface area contributed by atoms with Gasteiger partial charge in [-0.25, -0.2) is 0 Å². The highest BCUT2D eigenvalue weighted by atomic mass is 79.9. The minimum Gasteiger partial charge on any atom is -0.482 e. The number of rotatable bonds is 5. The predicted molar refractivity (Wildman–Crippen MR) is 87.6 cm³/mol. The Morgan fingerprint density at radius 1 is 1.29 bits per heavy atom. The summed E-state index contributed by atoms with van der Waals surface area (Å²) in [6, 6.07) is 14.7. The first-order chi connectivity index (χ1) is 10.1. The van der Waals surface area contributed by atoms with Gasteiger partial charge in [0.15, 0.2) is 6.61 Å². The summed E-state index contributed by atoms with van der Waals surface area (Å²) in [5, 5.41) is 2.09. The average molecular weight is 370 g/mol. The lowest BCUT2D eigenvalue weighted by Gasteiger charge is -2.20. The predicted octanol–water partition coefficient (Wildman–Crippen LogP) is 3.65. The summed E-state index contributed by atoms with van der Waals surface area (Å²) in [5.74, 6) is 0.206. The van der Waals surface area contributed by atoms with Crippen molar-refractivity contribution in [1.82, 2.24) is 5.43 Å². The maximum absolute atomic E-state index is 11.8. The quantitative estimate of drug-likeness (QED) is 0.818. The van der Waals surface area contributed by atoms with Gasteiger partial charge in [-0.05, 0) is 30.3 Å². The van der Waals surface area contributed by atoms with E-state index < -0.39 is 0 Å². The molecular weight excluding hydrogens is 356 g/mol. The number of nitrogens with zero attached hydrogens (tertiary/aromatic N) is 1. The summed E-state index contributed by atoms with van der Waals surface area (Å²) >= 11 is 9.33.